The van der Waals surface area contributed by atoms with Gasteiger partial charge in [-0.3, -0.25) is 9.59 Å². The first-order valence-corrected chi connectivity index (χ1v) is 6.49. The van der Waals surface area contributed by atoms with E-state index in [4.69, 9.17) is 33.0 Å². The second-order valence-corrected chi connectivity index (χ2v) is 5.70. The molecule has 0 aliphatic carbocycles. The molecule has 0 saturated heterocycles. The summed E-state index contributed by atoms with van der Waals surface area (Å²) >= 11 is 11.9. The number of carboxylic acid groups (broad SMARTS) is 1. The number of carbonyl (C=O) groups excluding carboxylic acids is 1. The van der Waals surface area contributed by atoms with E-state index in [1.165, 1.54) is 33.1 Å². The van der Waals surface area contributed by atoms with E-state index in [1.54, 1.807) is 0 Å². The zero-order valence-electron chi connectivity index (χ0n) is 11.3. The third-order valence-electron chi connectivity index (χ3n) is 2.67. The number of carbonyl (C=O) groups is 2. The normalized spacial score (nSPS) is 11.1. The maximum atomic E-state index is 11.8. The van der Waals surface area contributed by atoms with Gasteiger partial charge in [-0.15, -0.1) is 0 Å². The average molecular weight is 320 g/mol. The van der Waals surface area contributed by atoms with Crippen molar-refractivity contribution in [1.82, 2.24) is 0 Å². The molecule has 0 unspecified atom stereocenters. The highest BCUT2D eigenvalue weighted by atomic mass is 35.5. The molecule has 1 aromatic carbocycles. The van der Waals surface area contributed by atoms with Crippen LogP contribution in [0.25, 0.3) is 0 Å². The summed E-state index contributed by atoms with van der Waals surface area (Å²) in [4.78, 5) is 22.8. The number of anilines is 1. The highest BCUT2D eigenvalue weighted by Crippen LogP contribution is 2.35. The Balaban J connectivity index is 2.85. The molecule has 0 aromatic heterocycles. The number of ether oxygens (including phenoxy) is 1. The molecular formula is C13H15Cl2NO4. The number of halogens is 2. The van der Waals surface area contributed by atoms with Gasteiger partial charge in [-0.2, -0.15) is 0 Å². The fourth-order valence-corrected chi connectivity index (χ4v) is 2.15. The highest BCUT2D eigenvalue weighted by Gasteiger charge is 2.30. The quantitative estimate of drug-likeness (QED) is 0.871. The van der Waals surface area contributed by atoms with Gasteiger partial charge in [-0.1, -0.05) is 23.2 Å². The number of hydrogen-bond donors (Lipinski definition) is 2. The van der Waals surface area contributed by atoms with Crippen molar-refractivity contribution in [1.29, 1.82) is 0 Å². The molecule has 1 aromatic rings. The summed E-state index contributed by atoms with van der Waals surface area (Å²) in [7, 11) is 1.43. The molecule has 1 amide bonds. The van der Waals surface area contributed by atoms with E-state index in [9.17, 15) is 9.59 Å². The summed E-state index contributed by atoms with van der Waals surface area (Å²) in [6.07, 6.45) is -0.163. The molecule has 0 heterocycles. The van der Waals surface area contributed by atoms with Crippen LogP contribution >= 0.6 is 23.2 Å². The van der Waals surface area contributed by atoms with Crippen LogP contribution in [0.3, 0.4) is 0 Å². The van der Waals surface area contributed by atoms with Gasteiger partial charge in [0.1, 0.15) is 0 Å². The van der Waals surface area contributed by atoms with Crippen molar-refractivity contribution < 1.29 is 19.4 Å². The number of methoxy groups -OCH3 is 1. The zero-order valence-corrected chi connectivity index (χ0v) is 12.8. The molecule has 5 nitrogen and oxygen atoms in total. The van der Waals surface area contributed by atoms with Gasteiger partial charge >= 0.3 is 5.97 Å². The number of rotatable bonds is 5. The Kier molecular flexibility index (Phi) is 5.25. The third-order valence-corrected chi connectivity index (χ3v) is 3.23. The first kappa shape index (κ1) is 16.6. The van der Waals surface area contributed by atoms with Crippen LogP contribution in [0.1, 0.15) is 20.3 Å². The first-order valence-electron chi connectivity index (χ1n) is 5.73. The first-order chi connectivity index (χ1) is 9.17. The summed E-state index contributed by atoms with van der Waals surface area (Å²) in [6, 6.07) is 2.97. The summed E-state index contributed by atoms with van der Waals surface area (Å²) in [5, 5.41) is 12.0. The Morgan fingerprint density at radius 2 is 1.80 bits per heavy atom. The van der Waals surface area contributed by atoms with Crippen LogP contribution in [0.15, 0.2) is 12.1 Å². The number of benzene rings is 1. The molecule has 1 rings (SSSR count). The van der Waals surface area contributed by atoms with Crippen molar-refractivity contribution >= 4 is 40.8 Å². The standard InChI is InChI=1S/C13H15Cl2NO4/c1-13(2,12(18)19)6-10(17)16-7-4-8(14)11(20-3)9(15)5-7/h4-5H,6H2,1-3H3,(H,16,17)(H,18,19). The molecule has 0 aliphatic rings. The van der Waals surface area contributed by atoms with E-state index < -0.39 is 17.3 Å². The lowest BCUT2D eigenvalue weighted by Gasteiger charge is -2.18. The summed E-state index contributed by atoms with van der Waals surface area (Å²) < 4.78 is 4.99. The van der Waals surface area contributed by atoms with Gasteiger partial charge in [0.25, 0.3) is 0 Å². The van der Waals surface area contributed by atoms with Gasteiger partial charge in [-0.25, -0.2) is 0 Å². The van der Waals surface area contributed by atoms with Crippen LogP contribution in [-0.2, 0) is 9.59 Å². The van der Waals surface area contributed by atoms with Gasteiger partial charge in [-0.05, 0) is 26.0 Å². The van der Waals surface area contributed by atoms with Crippen molar-refractivity contribution in [2.45, 2.75) is 20.3 Å². The zero-order chi connectivity index (χ0) is 15.5. The SMILES string of the molecule is COc1c(Cl)cc(NC(=O)CC(C)(C)C(=O)O)cc1Cl. The van der Waals surface area contributed by atoms with E-state index in [0.29, 0.717) is 11.4 Å². The van der Waals surface area contributed by atoms with E-state index in [0.717, 1.165) is 0 Å². The van der Waals surface area contributed by atoms with Gasteiger partial charge in [0, 0.05) is 12.1 Å². The molecule has 110 valence electrons. The number of carboxylic acids is 1. The van der Waals surface area contributed by atoms with Crippen LogP contribution in [0.2, 0.25) is 10.0 Å². The topological polar surface area (TPSA) is 75.6 Å². The lowest BCUT2D eigenvalue weighted by molar-refractivity contribution is -0.148. The summed E-state index contributed by atoms with van der Waals surface area (Å²) in [6.45, 7) is 2.95. The molecule has 20 heavy (non-hydrogen) atoms. The Morgan fingerprint density at radius 3 is 2.20 bits per heavy atom. The maximum Gasteiger partial charge on any atom is 0.309 e. The lowest BCUT2D eigenvalue weighted by Crippen LogP contribution is -2.29. The van der Waals surface area contributed by atoms with Crippen molar-refractivity contribution in [2.75, 3.05) is 12.4 Å². The van der Waals surface area contributed by atoms with Crippen LogP contribution in [0.4, 0.5) is 5.69 Å². The Hall–Kier alpha value is -1.46. The van der Waals surface area contributed by atoms with Crippen molar-refractivity contribution in [3.05, 3.63) is 22.2 Å². The lowest BCUT2D eigenvalue weighted by atomic mass is 9.89. The van der Waals surface area contributed by atoms with Crippen molar-refractivity contribution in [2.24, 2.45) is 5.41 Å². The van der Waals surface area contributed by atoms with Crippen LogP contribution < -0.4 is 10.1 Å². The van der Waals surface area contributed by atoms with E-state index in [1.807, 2.05) is 0 Å². The molecule has 0 radical (unpaired) electrons. The van der Waals surface area contributed by atoms with Crippen molar-refractivity contribution in [3.8, 4) is 5.75 Å². The average Bonchev–Trinajstić information content (AvgIpc) is 2.27. The van der Waals surface area contributed by atoms with E-state index in [2.05, 4.69) is 5.32 Å². The predicted octanol–water partition coefficient (Wildman–Crippen LogP) is 3.44. The van der Waals surface area contributed by atoms with Crippen LogP contribution in [0.5, 0.6) is 5.75 Å². The monoisotopic (exact) mass is 319 g/mol. The number of hydrogen-bond acceptors (Lipinski definition) is 3. The molecule has 0 bridgehead atoms. The molecule has 0 spiro atoms. The fourth-order valence-electron chi connectivity index (χ4n) is 1.51. The van der Waals surface area contributed by atoms with Gasteiger partial charge < -0.3 is 15.2 Å². The third kappa shape index (κ3) is 4.02. The van der Waals surface area contributed by atoms with Gasteiger partial charge in [0.05, 0.1) is 22.6 Å². The number of aliphatic carboxylic acids is 1. The van der Waals surface area contributed by atoms with Gasteiger partial charge in [0.15, 0.2) is 5.75 Å². The molecule has 7 heteroatoms. The highest BCUT2D eigenvalue weighted by molar-refractivity contribution is 6.37. The second-order valence-electron chi connectivity index (χ2n) is 4.89. The smallest absolute Gasteiger partial charge is 0.309 e. The molecular weight excluding hydrogens is 305 g/mol. The minimum absolute atomic E-state index is 0.163. The Bertz CT molecular complexity index is 520. The van der Waals surface area contributed by atoms with Crippen LogP contribution in [0, 0.1) is 5.41 Å². The largest absolute Gasteiger partial charge is 0.494 e. The Labute approximate surface area is 126 Å². The minimum atomic E-state index is -1.15. The fraction of sp³-hybridized carbons (Fsp3) is 0.385. The number of nitrogens with one attached hydrogen (secondary N) is 1. The Morgan fingerprint density at radius 1 is 1.30 bits per heavy atom. The van der Waals surface area contributed by atoms with Gasteiger partial charge in [0.2, 0.25) is 5.91 Å². The molecule has 2 N–H and O–H groups in total. The molecule has 0 fully saturated rings. The summed E-state index contributed by atoms with van der Waals surface area (Å²) in [5.41, 5.74) is -0.767. The molecule has 0 atom stereocenters. The summed E-state index contributed by atoms with van der Waals surface area (Å²) in [5.74, 6) is -1.16. The maximum absolute atomic E-state index is 11.8. The minimum Gasteiger partial charge on any atom is -0.494 e. The van der Waals surface area contributed by atoms with E-state index >= 15 is 0 Å². The van der Waals surface area contributed by atoms with E-state index in [-0.39, 0.29) is 16.5 Å². The predicted molar refractivity (Wildman–Crippen MR) is 77.7 cm³/mol. The van der Waals surface area contributed by atoms with Crippen molar-refractivity contribution in [3.63, 3.8) is 0 Å². The number of amides is 1. The molecule has 0 saturated carbocycles. The van der Waals surface area contributed by atoms with Crippen LogP contribution in [-0.4, -0.2) is 24.1 Å². The second kappa shape index (κ2) is 6.33. The molecule has 0 aliphatic heterocycles.